The van der Waals surface area contributed by atoms with Gasteiger partial charge in [-0.25, -0.2) is 4.98 Å². The summed E-state index contributed by atoms with van der Waals surface area (Å²) in [5, 5.41) is 1.98. The number of methoxy groups -OCH3 is 1. The van der Waals surface area contributed by atoms with Crippen molar-refractivity contribution in [3.63, 3.8) is 0 Å². The normalized spacial score (nSPS) is 11.0. The zero-order valence-electron chi connectivity index (χ0n) is 12.7. The predicted molar refractivity (Wildman–Crippen MR) is 88.5 cm³/mol. The smallest absolute Gasteiger partial charge is 0.250 e. The summed E-state index contributed by atoms with van der Waals surface area (Å²) >= 11 is 1.55. The van der Waals surface area contributed by atoms with E-state index in [1.807, 2.05) is 36.1 Å². The van der Waals surface area contributed by atoms with Gasteiger partial charge in [0.25, 0.3) is 0 Å². The Bertz CT molecular complexity index is 864. The van der Waals surface area contributed by atoms with Gasteiger partial charge in [-0.05, 0) is 23.9 Å². The number of ether oxygens (including phenoxy) is 1. The largest absolute Gasteiger partial charge is 0.496 e. The van der Waals surface area contributed by atoms with Crippen LogP contribution in [0, 0.1) is 0 Å². The van der Waals surface area contributed by atoms with Crippen LogP contribution >= 0.6 is 11.3 Å². The maximum atomic E-state index is 12.0. The number of carbonyl (C=O) groups is 1. The molecule has 1 aromatic carbocycles. The van der Waals surface area contributed by atoms with Crippen LogP contribution in [-0.2, 0) is 13.5 Å². The average Bonchev–Trinajstić information content (AvgIpc) is 3.10. The first-order chi connectivity index (χ1) is 10.6. The number of nitrogens with two attached hydrogens (primary N) is 1. The number of thiophene rings is 1. The molecule has 0 aliphatic carbocycles. The molecule has 0 radical (unpaired) electrons. The molecule has 2 heterocycles. The number of benzene rings is 1. The highest BCUT2D eigenvalue weighted by Gasteiger charge is 2.22. The number of amides is 1. The lowest BCUT2D eigenvalue weighted by Gasteiger charge is -2.12. The van der Waals surface area contributed by atoms with Crippen LogP contribution in [-0.4, -0.2) is 22.6 Å². The van der Waals surface area contributed by atoms with Gasteiger partial charge in [0.05, 0.1) is 35.6 Å². The molecular formula is C16H17N3O2S. The third-order valence-corrected chi connectivity index (χ3v) is 4.90. The first-order valence-corrected chi connectivity index (χ1v) is 7.85. The summed E-state index contributed by atoms with van der Waals surface area (Å²) in [6, 6.07) is 3.79. The van der Waals surface area contributed by atoms with Crippen molar-refractivity contribution in [2.75, 3.05) is 7.11 Å². The monoisotopic (exact) mass is 315 g/mol. The number of hydrogen-bond donors (Lipinski definition) is 1. The van der Waals surface area contributed by atoms with Gasteiger partial charge in [0.15, 0.2) is 0 Å². The Hall–Kier alpha value is -2.34. The molecule has 0 bridgehead atoms. The second-order valence-electron chi connectivity index (χ2n) is 5.03. The minimum absolute atomic E-state index is 0.408. The third-order valence-electron chi connectivity index (χ3n) is 3.77. The average molecular weight is 315 g/mol. The van der Waals surface area contributed by atoms with Gasteiger partial charge in [-0.3, -0.25) is 4.79 Å². The van der Waals surface area contributed by atoms with Gasteiger partial charge in [0, 0.05) is 17.5 Å². The van der Waals surface area contributed by atoms with Crippen molar-refractivity contribution in [3.05, 3.63) is 34.3 Å². The predicted octanol–water partition coefficient (Wildman–Crippen LogP) is 2.97. The van der Waals surface area contributed by atoms with Crippen molar-refractivity contribution in [2.45, 2.75) is 13.3 Å². The lowest BCUT2D eigenvalue weighted by Crippen LogP contribution is -2.13. The Morgan fingerprint density at radius 1 is 1.45 bits per heavy atom. The number of aryl methyl sites for hydroxylation is 2. The first-order valence-electron chi connectivity index (χ1n) is 6.97. The standard InChI is InChI=1S/C16H17N3O2S/c1-4-12-14(16(17)20)9(7-22-12)13-11(21-3)6-5-10-15(13)19(2)8-18-10/h5-8H,4H2,1-3H3,(H2,17,20). The lowest BCUT2D eigenvalue weighted by atomic mass is 9.99. The summed E-state index contributed by atoms with van der Waals surface area (Å²) in [6.07, 6.45) is 2.53. The molecule has 3 rings (SSSR count). The van der Waals surface area contributed by atoms with Crippen LogP contribution in [0.25, 0.3) is 22.2 Å². The van der Waals surface area contributed by atoms with E-state index >= 15 is 0 Å². The van der Waals surface area contributed by atoms with E-state index in [4.69, 9.17) is 10.5 Å². The first kappa shape index (κ1) is 14.6. The second-order valence-corrected chi connectivity index (χ2v) is 6.00. The molecule has 0 spiro atoms. The topological polar surface area (TPSA) is 70.1 Å². The lowest BCUT2D eigenvalue weighted by molar-refractivity contribution is 0.100. The van der Waals surface area contributed by atoms with Crippen molar-refractivity contribution in [1.29, 1.82) is 0 Å². The molecule has 0 saturated carbocycles. The molecule has 0 fully saturated rings. The van der Waals surface area contributed by atoms with Crippen molar-refractivity contribution in [1.82, 2.24) is 9.55 Å². The fourth-order valence-electron chi connectivity index (χ4n) is 2.77. The Labute approximate surface area is 132 Å². The SMILES string of the molecule is CCc1scc(-c2c(OC)ccc3ncn(C)c23)c1C(N)=O. The number of primary amides is 1. The van der Waals surface area contributed by atoms with E-state index in [-0.39, 0.29) is 0 Å². The molecular weight excluding hydrogens is 298 g/mol. The van der Waals surface area contributed by atoms with Crippen LogP contribution < -0.4 is 10.5 Å². The minimum atomic E-state index is -0.408. The van der Waals surface area contributed by atoms with E-state index in [1.165, 1.54) is 0 Å². The molecule has 1 amide bonds. The molecule has 0 saturated heterocycles. The number of imidazole rings is 1. The highest BCUT2D eigenvalue weighted by atomic mass is 32.1. The molecule has 0 aliphatic heterocycles. The summed E-state index contributed by atoms with van der Waals surface area (Å²) in [7, 11) is 3.55. The Morgan fingerprint density at radius 3 is 2.86 bits per heavy atom. The van der Waals surface area contributed by atoms with E-state index < -0.39 is 5.91 Å². The summed E-state index contributed by atoms with van der Waals surface area (Å²) in [5.74, 6) is 0.299. The fourth-order valence-corrected chi connectivity index (χ4v) is 3.76. The highest BCUT2D eigenvalue weighted by Crippen LogP contribution is 2.41. The van der Waals surface area contributed by atoms with Gasteiger partial charge in [-0.15, -0.1) is 11.3 Å². The molecule has 3 aromatic rings. The van der Waals surface area contributed by atoms with Crippen LogP contribution in [0.2, 0.25) is 0 Å². The van der Waals surface area contributed by atoms with Crippen molar-refractivity contribution in [3.8, 4) is 16.9 Å². The van der Waals surface area contributed by atoms with E-state index in [0.717, 1.165) is 33.5 Å². The van der Waals surface area contributed by atoms with Crippen LogP contribution in [0.4, 0.5) is 0 Å². The van der Waals surface area contributed by atoms with Crippen molar-refractivity contribution < 1.29 is 9.53 Å². The van der Waals surface area contributed by atoms with E-state index in [2.05, 4.69) is 4.98 Å². The number of carbonyl (C=O) groups excluding carboxylic acids is 1. The molecule has 5 nitrogen and oxygen atoms in total. The zero-order chi connectivity index (χ0) is 15.9. The van der Waals surface area contributed by atoms with Gasteiger partial charge in [0.2, 0.25) is 5.91 Å². The molecule has 0 aliphatic rings. The molecule has 6 heteroatoms. The Morgan fingerprint density at radius 2 is 2.23 bits per heavy atom. The molecule has 114 valence electrons. The number of aromatic nitrogens is 2. The van der Waals surface area contributed by atoms with Gasteiger partial charge in [-0.1, -0.05) is 6.92 Å². The fraction of sp³-hybridized carbons (Fsp3) is 0.250. The Kier molecular flexibility index (Phi) is 3.62. The van der Waals surface area contributed by atoms with Gasteiger partial charge >= 0.3 is 0 Å². The molecule has 2 aromatic heterocycles. The Balaban J connectivity index is 2.42. The van der Waals surface area contributed by atoms with Crippen LogP contribution in [0.1, 0.15) is 22.2 Å². The number of hydrogen-bond acceptors (Lipinski definition) is 4. The van der Waals surface area contributed by atoms with E-state index in [1.54, 1.807) is 24.8 Å². The van der Waals surface area contributed by atoms with Crippen LogP contribution in [0.5, 0.6) is 5.75 Å². The summed E-state index contributed by atoms with van der Waals surface area (Å²) in [4.78, 5) is 17.3. The summed E-state index contributed by atoms with van der Waals surface area (Å²) in [6.45, 7) is 2.02. The molecule has 0 atom stereocenters. The van der Waals surface area contributed by atoms with Crippen molar-refractivity contribution >= 4 is 28.3 Å². The summed E-state index contributed by atoms with van der Waals surface area (Å²) < 4.78 is 7.45. The maximum absolute atomic E-state index is 12.0. The van der Waals surface area contributed by atoms with Crippen LogP contribution in [0.3, 0.4) is 0 Å². The minimum Gasteiger partial charge on any atom is -0.496 e. The molecule has 22 heavy (non-hydrogen) atoms. The number of rotatable bonds is 4. The van der Waals surface area contributed by atoms with Crippen LogP contribution in [0.15, 0.2) is 23.8 Å². The van der Waals surface area contributed by atoms with Gasteiger partial charge in [-0.2, -0.15) is 0 Å². The number of nitrogens with zero attached hydrogens (tertiary/aromatic N) is 2. The quantitative estimate of drug-likeness (QED) is 0.804. The van der Waals surface area contributed by atoms with Crippen molar-refractivity contribution in [2.24, 2.45) is 12.8 Å². The second kappa shape index (κ2) is 5.46. The maximum Gasteiger partial charge on any atom is 0.250 e. The van der Waals surface area contributed by atoms with E-state index in [0.29, 0.717) is 11.3 Å². The molecule has 2 N–H and O–H groups in total. The van der Waals surface area contributed by atoms with Gasteiger partial charge in [0.1, 0.15) is 5.75 Å². The molecule has 0 unspecified atom stereocenters. The summed E-state index contributed by atoms with van der Waals surface area (Å²) in [5.41, 5.74) is 9.69. The third kappa shape index (κ3) is 2.07. The van der Waals surface area contributed by atoms with E-state index in [9.17, 15) is 4.79 Å². The zero-order valence-corrected chi connectivity index (χ0v) is 13.5. The van der Waals surface area contributed by atoms with Gasteiger partial charge < -0.3 is 15.0 Å². The highest BCUT2D eigenvalue weighted by molar-refractivity contribution is 7.10. The number of fused-ring (bicyclic) bond motifs is 1.